The van der Waals surface area contributed by atoms with Crippen LogP contribution >= 0.6 is 0 Å². The van der Waals surface area contributed by atoms with E-state index in [1.54, 1.807) is 6.07 Å². The highest BCUT2D eigenvalue weighted by Gasteiger charge is 2.41. The van der Waals surface area contributed by atoms with Crippen molar-refractivity contribution in [3.05, 3.63) is 47.7 Å². The molecule has 1 fully saturated rings. The lowest BCUT2D eigenvalue weighted by molar-refractivity contribution is 0.0683. The van der Waals surface area contributed by atoms with E-state index in [-0.39, 0.29) is 5.91 Å². The molecule has 2 heterocycles. The summed E-state index contributed by atoms with van der Waals surface area (Å²) in [6.07, 6.45) is -0.585. The molecule has 1 aromatic carbocycles. The van der Waals surface area contributed by atoms with Crippen molar-refractivity contribution in [3.63, 3.8) is 0 Å². The molecule has 1 saturated heterocycles. The van der Waals surface area contributed by atoms with Crippen LogP contribution in [0.3, 0.4) is 0 Å². The maximum absolute atomic E-state index is 14.1. The number of halogens is 1. The van der Waals surface area contributed by atoms with Crippen LogP contribution in [-0.2, 0) is 0 Å². The second-order valence-corrected chi connectivity index (χ2v) is 4.82. The van der Waals surface area contributed by atoms with E-state index in [1.165, 1.54) is 4.90 Å². The molecule has 2 aliphatic rings. The monoisotopic (exact) mass is 258 g/mol. The first kappa shape index (κ1) is 12.2. The summed E-state index contributed by atoms with van der Waals surface area (Å²) in [5.41, 5.74) is 4.79. The van der Waals surface area contributed by atoms with Crippen molar-refractivity contribution in [2.24, 2.45) is 0 Å². The number of nitrogens with one attached hydrogen (secondary N) is 1. The molecule has 3 nitrogen and oxygen atoms in total. The number of piperidine rings is 1. The van der Waals surface area contributed by atoms with E-state index in [2.05, 4.69) is 17.6 Å². The van der Waals surface area contributed by atoms with Crippen LogP contribution in [0.1, 0.15) is 22.3 Å². The summed E-state index contributed by atoms with van der Waals surface area (Å²) in [5, 5.41) is 3.14. The Morgan fingerprint density at radius 1 is 1.37 bits per heavy atom. The first-order valence-electron chi connectivity index (χ1n) is 6.42. The highest BCUT2D eigenvalue weighted by Crippen LogP contribution is 2.35. The molecule has 1 N–H and O–H groups in total. The Bertz CT molecular complexity index is 577. The third-order valence-electron chi connectivity index (χ3n) is 3.74. The quantitative estimate of drug-likeness (QED) is 0.781. The molecule has 0 unspecified atom stereocenters. The van der Waals surface area contributed by atoms with Crippen LogP contribution in [0.2, 0.25) is 0 Å². The van der Waals surface area contributed by atoms with E-state index < -0.39 is 12.2 Å². The summed E-state index contributed by atoms with van der Waals surface area (Å²) in [6, 6.07) is 6.81. The van der Waals surface area contributed by atoms with Crippen molar-refractivity contribution in [1.29, 1.82) is 0 Å². The van der Waals surface area contributed by atoms with Crippen LogP contribution in [0.15, 0.2) is 36.6 Å². The van der Waals surface area contributed by atoms with E-state index in [0.717, 1.165) is 5.56 Å². The fourth-order valence-electron chi connectivity index (χ4n) is 2.80. The Labute approximate surface area is 111 Å². The molecule has 19 heavy (non-hydrogen) atoms. The van der Waals surface area contributed by atoms with Crippen molar-refractivity contribution < 1.29 is 9.18 Å². The zero-order valence-electron chi connectivity index (χ0n) is 10.5. The van der Waals surface area contributed by atoms with Gasteiger partial charge in [-0.05, 0) is 19.0 Å². The SMILES string of the molecule is C=C=C1c2ccccc2C(=O)N1[C@@H]1CNCC[C@@H]1F. The summed E-state index contributed by atoms with van der Waals surface area (Å²) >= 11 is 0. The number of fused-ring (bicyclic) bond motifs is 1. The molecular formula is C15H15FN2O. The molecule has 98 valence electrons. The van der Waals surface area contributed by atoms with Gasteiger partial charge in [0.05, 0.1) is 11.7 Å². The average molecular weight is 258 g/mol. The molecule has 1 amide bonds. The zero-order chi connectivity index (χ0) is 13.4. The lowest BCUT2D eigenvalue weighted by Crippen LogP contribution is -2.52. The van der Waals surface area contributed by atoms with Gasteiger partial charge in [-0.2, -0.15) is 0 Å². The Morgan fingerprint density at radius 2 is 2.11 bits per heavy atom. The normalized spacial score (nSPS) is 26.3. The Balaban J connectivity index is 2.04. The topological polar surface area (TPSA) is 32.3 Å². The molecule has 0 aliphatic carbocycles. The number of nitrogens with zero attached hydrogens (tertiary/aromatic N) is 1. The average Bonchev–Trinajstić information content (AvgIpc) is 2.73. The van der Waals surface area contributed by atoms with Crippen LogP contribution in [0.5, 0.6) is 0 Å². The molecular weight excluding hydrogens is 243 g/mol. The minimum Gasteiger partial charge on any atom is -0.314 e. The van der Waals surface area contributed by atoms with E-state index in [0.29, 0.717) is 30.8 Å². The van der Waals surface area contributed by atoms with Gasteiger partial charge in [-0.3, -0.25) is 9.69 Å². The molecule has 3 rings (SSSR count). The number of amides is 1. The zero-order valence-corrected chi connectivity index (χ0v) is 10.5. The standard InChI is InChI=1S/C15H15FN2O/c1-2-13-10-5-3-4-6-11(10)15(19)18(13)14-9-17-8-7-12(14)16/h3-6,12,14,17H,1,7-9H2/t12-,14+/m0/s1. The van der Waals surface area contributed by atoms with Crippen molar-refractivity contribution >= 4 is 11.6 Å². The van der Waals surface area contributed by atoms with Crippen LogP contribution in [0.4, 0.5) is 4.39 Å². The minimum absolute atomic E-state index is 0.155. The van der Waals surface area contributed by atoms with Gasteiger partial charge in [0, 0.05) is 17.7 Å². The molecule has 0 radical (unpaired) electrons. The van der Waals surface area contributed by atoms with E-state index in [9.17, 15) is 9.18 Å². The highest BCUT2D eigenvalue weighted by molar-refractivity contribution is 6.09. The second-order valence-electron chi connectivity index (χ2n) is 4.82. The fourth-order valence-corrected chi connectivity index (χ4v) is 2.80. The number of benzene rings is 1. The van der Waals surface area contributed by atoms with Crippen molar-refractivity contribution in [2.75, 3.05) is 13.1 Å². The van der Waals surface area contributed by atoms with Crippen LogP contribution < -0.4 is 5.32 Å². The van der Waals surface area contributed by atoms with Crippen LogP contribution in [0, 0.1) is 0 Å². The first-order chi connectivity index (χ1) is 9.24. The first-order valence-corrected chi connectivity index (χ1v) is 6.42. The third kappa shape index (κ3) is 1.81. The Kier molecular flexibility index (Phi) is 2.97. The molecule has 2 atom stereocenters. The summed E-state index contributed by atoms with van der Waals surface area (Å²) in [5.74, 6) is -0.155. The van der Waals surface area contributed by atoms with Gasteiger partial charge in [-0.25, -0.2) is 4.39 Å². The van der Waals surface area contributed by atoms with Gasteiger partial charge in [-0.15, -0.1) is 5.73 Å². The highest BCUT2D eigenvalue weighted by atomic mass is 19.1. The Morgan fingerprint density at radius 3 is 2.79 bits per heavy atom. The van der Waals surface area contributed by atoms with Crippen LogP contribution in [0.25, 0.3) is 5.70 Å². The second kappa shape index (κ2) is 4.65. The van der Waals surface area contributed by atoms with E-state index in [1.807, 2.05) is 18.2 Å². The summed E-state index contributed by atoms with van der Waals surface area (Å²) < 4.78 is 14.1. The molecule has 4 heteroatoms. The van der Waals surface area contributed by atoms with Gasteiger partial charge in [0.15, 0.2) is 0 Å². The smallest absolute Gasteiger partial charge is 0.259 e. The summed E-state index contributed by atoms with van der Waals surface area (Å²) in [6.45, 7) is 4.76. The molecule has 0 spiro atoms. The molecule has 0 aromatic heterocycles. The van der Waals surface area contributed by atoms with Gasteiger partial charge in [0.2, 0.25) is 0 Å². The lowest BCUT2D eigenvalue weighted by Gasteiger charge is -2.34. The molecule has 0 bridgehead atoms. The number of alkyl halides is 1. The maximum Gasteiger partial charge on any atom is 0.259 e. The molecule has 2 aliphatic heterocycles. The molecule has 1 aromatic rings. The maximum atomic E-state index is 14.1. The van der Waals surface area contributed by atoms with E-state index in [4.69, 9.17) is 0 Å². The summed E-state index contributed by atoms with van der Waals surface area (Å²) in [7, 11) is 0. The van der Waals surface area contributed by atoms with Gasteiger partial charge in [0.1, 0.15) is 6.17 Å². The van der Waals surface area contributed by atoms with Crippen LogP contribution in [-0.4, -0.2) is 36.1 Å². The summed E-state index contributed by atoms with van der Waals surface area (Å²) in [4.78, 5) is 14.0. The molecule has 0 saturated carbocycles. The van der Waals surface area contributed by atoms with Gasteiger partial charge in [-0.1, -0.05) is 24.8 Å². The van der Waals surface area contributed by atoms with Gasteiger partial charge in [0.25, 0.3) is 5.91 Å². The number of hydrogen-bond donors (Lipinski definition) is 1. The Hall–Kier alpha value is -1.90. The fraction of sp³-hybridized carbons (Fsp3) is 0.333. The lowest BCUT2D eigenvalue weighted by atomic mass is 10.0. The predicted molar refractivity (Wildman–Crippen MR) is 71.3 cm³/mol. The van der Waals surface area contributed by atoms with Crippen molar-refractivity contribution in [1.82, 2.24) is 10.2 Å². The number of hydrogen-bond acceptors (Lipinski definition) is 2. The van der Waals surface area contributed by atoms with Gasteiger partial charge >= 0.3 is 0 Å². The number of carbonyl (C=O) groups is 1. The number of rotatable bonds is 1. The van der Waals surface area contributed by atoms with E-state index >= 15 is 0 Å². The van der Waals surface area contributed by atoms with Gasteiger partial charge < -0.3 is 5.32 Å². The number of carbonyl (C=O) groups excluding carboxylic acids is 1. The predicted octanol–water partition coefficient (Wildman–Crippen LogP) is 1.97. The minimum atomic E-state index is -1.01. The largest absolute Gasteiger partial charge is 0.314 e. The van der Waals surface area contributed by atoms with Crippen molar-refractivity contribution in [3.8, 4) is 0 Å². The third-order valence-corrected chi connectivity index (χ3v) is 3.74. The van der Waals surface area contributed by atoms with Crippen molar-refractivity contribution in [2.45, 2.75) is 18.6 Å².